The van der Waals surface area contributed by atoms with Crippen molar-refractivity contribution in [3.8, 4) is 0 Å². The van der Waals surface area contributed by atoms with Crippen molar-refractivity contribution in [2.24, 2.45) is 10.4 Å². The van der Waals surface area contributed by atoms with Gasteiger partial charge in [0.2, 0.25) is 0 Å². The molecule has 110 valence electrons. The highest BCUT2D eigenvalue weighted by atomic mass is 32.2. The smallest absolute Gasteiger partial charge is 0.364 e. The highest BCUT2D eigenvalue weighted by Crippen LogP contribution is 2.30. The molecule has 0 aromatic heterocycles. The maximum absolute atomic E-state index is 12.6. The molecule has 1 aliphatic rings. The van der Waals surface area contributed by atoms with Crippen LogP contribution in [0.25, 0.3) is 0 Å². The normalized spacial score (nSPS) is 18.4. The number of hydrogen-bond acceptors (Lipinski definition) is 3. The maximum atomic E-state index is 12.6. The molecule has 1 aliphatic heterocycles. The molecule has 2 nitrogen and oxygen atoms in total. The second-order valence-corrected chi connectivity index (χ2v) is 6.59. The summed E-state index contributed by atoms with van der Waals surface area (Å²) in [5.74, 6) is 0.482. The number of amidine groups is 1. The van der Waals surface area contributed by atoms with Gasteiger partial charge in [0.1, 0.15) is 0 Å². The Hall–Kier alpha value is -1.17. The van der Waals surface area contributed by atoms with Crippen LogP contribution in [0.3, 0.4) is 0 Å². The minimum atomic E-state index is -4.29. The molecule has 0 aliphatic carbocycles. The summed E-state index contributed by atoms with van der Waals surface area (Å²) in [6, 6.07) is 5.43. The monoisotopic (exact) mass is 302 g/mol. The molecule has 0 radical (unpaired) electrons. The van der Waals surface area contributed by atoms with Crippen LogP contribution in [0.4, 0.5) is 13.2 Å². The summed E-state index contributed by atoms with van der Waals surface area (Å²) in [7, 11) is 0. The summed E-state index contributed by atoms with van der Waals surface area (Å²) in [6.07, 6.45) is -4.29. The number of benzene rings is 1. The van der Waals surface area contributed by atoms with Crippen LogP contribution in [0.2, 0.25) is 0 Å². The Kier molecular flexibility index (Phi) is 4.32. The van der Waals surface area contributed by atoms with E-state index in [2.05, 4.69) is 24.2 Å². The van der Waals surface area contributed by atoms with E-state index in [1.165, 1.54) is 23.9 Å². The van der Waals surface area contributed by atoms with Gasteiger partial charge in [-0.25, -0.2) is 0 Å². The molecule has 0 bridgehead atoms. The Labute approximate surface area is 120 Å². The molecule has 1 aromatic carbocycles. The number of hydrogen-bond donors (Lipinski definition) is 1. The van der Waals surface area contributed by atoms with Crippen LogP contribution in [0.15, 0.2) is 29.3 Å². The van der Waals surface area contributed by atoms with E-state index in [1.54, 1.807) is 6.07 Å². The van der Waals surface area contributed by atoms with Gasteiger partial charge in [0, 0.05) is 24.3 Å². The summed E-state index contributed by atoms with van der Waals surface area (Å²) < 4.78 is 37.8. The van der Waals surface area contributed by atoms with Crippen molar-refractivity contribution in [3.05, 3.63) is 35.4 Å². The van der Waals surface area contributed by atoms with E-state index >= 15 is 0 Å². The topological polar surface area (TPSA) is 24.4 Å². The van der Waals surface area contributed by atoms with Crippen molar-refractivity contribution in [1.82, 2.24) is 5.32 Å². The number of nitrogens with one attached hydrogen (secondary N) is 1. The fraction of sp³-hybridized carbons (Fsp3) is 0.500. The van der Waals surface area contributed by atoms with E-state index < -0.39 is 11.7 Å². The predicted molar refractivity (Wildman–Crippen MR) is 76.8 cm³/mol. The zero-order valence-electron chi connectivity index (χ0n) is 11.4. The molecule has 0 spiro atoms. The third kappa shape index (κ3) is 4.16. The summed E-state index contributed by atoms with van der Waals surface area (Å²) in [6.45, 7) is 5.82. The van der Waals surface area contributed by atoms with Gasteiger partial charge in [0.05, 0.1) is 5.56 Å². The molecule has 0 fully saturated rings. The van der Waals surface area contributed by atoms with Gasteiger partial charge in [0.25, 0.3) is 0 Å². The number of rotatable bonds is 2. The SMILES string of the molecule is CC1(C)CN=C(SCc2cccc(C(F)(F)F)c2)NC1. The van der Waals surface area contributed by atoms with Gasteiger partial charge < -0.3 is 5.32 Å². The van der Waals surface area contributed by atoms with Crippen molar-refractivity contribution in [2.75, 3.05) is 13.1 Å². The van der Waals surface area contributed by atoms with Gasteiger partial charge in [0.15, 0.2) is 5.17 Å². The molecule has 1 aromatic rings. The lowest BCUT2D eigenvalue weighted by Gasteiger charge is -2.28. The van der Waals surface area contributed by atoms with Crippen LogP contribution >= 0.6 is 11.8 Å². The molecule has 20 heavy (non-hydrogen) atoms. The van der Waals surface area contributed by atoms with Crippen LogP contribution < -0.4 is 5.32 Å². The summed E-state index contributed by atoms with van der Waals surface area (Å²) in [5.41, 5.74) is 0.190. The maximum Gasteiger partial charge on any atom is 0.416 e. The average Bonchev–Trinajstić information content (AvgIpc) is 2.37. The van der Waals surface area contributed by atoms with E-state index in [1.807, 2.05) is 0 Å². The number of aliphatic imine (C=N–C) groups is 1. The predicted octanol–water partition coefficient (Wildman–Crippen LogP) is 3.92. The molecule has 0 saturated carbocycles. The van der Waals surface area contributed by atoms with Gasteiger partial charge in [-0.05, 0) is 11.6 Å². The van der Waals surface area contributed by atoms with Crippen molar-refractivity contribution >= 4 is 16.9 Å². The fourth-order valence-corrected chi connectivity index (χ4v) is 2.61. The van der Waals surface area contributed by atoms with Crippen molar-refractivity contribution < 1.29 is 13.2 Å². The number of nitrogens with zero attached hydrogens (tertiary/aromatic N) is 1. The molecule has 2 rings (SSSR count). The highest BCUT2D eigenvalue weighted by Gasteiger charge is 2.30. The van der Waals surface area contributed by atoms with E-state index in [4.69, 9.17) is 0 Å². The Morgan fingerprint density at radius 3 is 2.70 bits per heavy atom. The van der Waals surface area contributed by atoms with Crippen LogP contribution in [-0.2, 0) is 11.9 Å². The van der Waals surface area contributed by atoms with E-state index in [0.717, 1.165) is 24.3 Å². The first kappa shape index (κ1) is 15.2. The second kappa shape index (κ2) is 5.68. The Morgan fingerprint density at radius 2 is 2.10 bits per heavy atom. The number of alkyl halides is 3. The van der Waals surface area contributed by atoms with Crippen LogP contribution in [0, 0.1) is 5.41 Å². The van der Waals surface area contributed by atoms with E-state index in [9.17, 15) is 13.2 Å². The quantitative estimate of drug-likeness (QED) is 0.895. The lowest BCUT2D eigenvalue weighted by molar-refractivity contribution is -0.137. The molecule has 0 saturated heterocycles. The first-order chi connectivity index (χ1) is 9.26. The molecular weight excluding hydrogens is 285 g/mol. The van der Waals surface area contributed by atoms with E-state index in [-0.39, 0.29) is 5.41 Å². The van der Waals surface area contributed by atoms with Crippen LogP contribution in [0.5, 0.6) is 0 Å². The van der Waals surface area contributed by atoms with Crippen LogP contribution in [0.1, 0.15) is 25.0 Å². The minimum Gasteiger partial charge on any atom is -0.364 e. The van der Waals surface area contributed by atoms with Gasteiger partial charge >= 0.3 is 6.18 Å². The van der Waals surface area contributed by atoms with Gasteiger partial charge in [-0.3, -0.25) is 4.99 Å². The largest absolute Gasteiger partial charge is 0.416 e. The Bertz CT molecular complexity index is 509. The Morgan fingerprint density at radius 1 is 1.35 bits per heavy atom. The zero-order valence-corrected chi connectivity index (χ0v) is 12.2. The molecule has 0 unspecified atom stereocenters. The fourth-order valence-electron chi connectivity index (χ4n) is 1.80. The standard InChI is InChI=1S/C14H17F3N2S/c1-13(2)8-18-12(19-9-13)20-7-10-4-3-5-11(6-10)14(15,16)17/h3-6H,7-9H2,1-2H3,(H,18,19). The second-order valence-electron chi connectivity index (χ2n) is 5.63. The minimum absolute atomic E-state index is 0.139. The molecule has 0 amide bonds. The third-order valence-electron chi connectivity index (χ3n) is 3.00. The van der Waals surface area contributed by atoms with Crippen molar-refractivity contribution in [1.29, 1.82) is 0 Å². The zero-order chi connectivity index (χ0) is 14.8. The summed E-state index contributed by atoms with van der Waals surface area (Å²) >= 11 is 1.44. The lowest BCUT2D eigenvalue weighted by atomic mass is 9.93. The summed E-state index contributed by atoms with van der Waals surface area (Å²) in [5, 5.41) is 4.02. The highest BCUT2D eigenvalue weighted by molar-refractivity contribution is 8.13. The molecule has 6 heteroatoms. The summed E-state index contributed by atoms with van der Waals surface area (Å²) in [4.78, 5) is 4.41. The molecule has 1 N–H and O–H groups in total. The van der Waals surface area contributed by atoms with Crippen molar-refractivity contribution in [2.45, 2.75) is 25.8 Å². The van der Waals surface area contributed by atoms with E-state index in [0.29, 0.717) is 11.3 Å². The first-order valence-electron chi connectivity index (χ1n) is 6.34. The van der Waals surface area contributed by atoms with Crippen LogP contribution in [-0.4, -0.2) is 18.3 Å². The lowest BCUT2D eigenvalue weighted by Crippen LogP contribution is -2.39. The van der Waals surface area contributed by atoms with Gasteiger partial charge in [-0.15, -0.1) is 0 Å². The first-order valence-corrected chi connectivity index (χ1v) is 7.32. The van der Waals surface area contributed by atoms with Gasteiger partial charge in [-0.2, -0.15) is 13.2 Å². The number of thioether (sulfide) groups is 1. The molecular formula is C14H17F3N2S. The number of halogens is 3. The average molecular weight is 302 g/mol. The third-order valence-corrected chi connectivity index (χ3v) is 4.02. The van der Waals surface area contributed by atoms with Gasteiger partial charge in [-0.1, -0.05) is 43.8 Å². The molecule has 1 heterocycles. The van der Waals surface area contributed by atoms with Crippen molar-refractivity contribution in [3.63, 3.8) is 0 Å². The molecule has 0 atom stereocenters. The Balaban J connectivity index is 1.97.